The molecule has 0 aliphatic carbocycles. The third-order valence-electron chi connectivity index (χ3n) is 4.47. The van der Waals surface area contributed by atoms with E-state index in [1.54, 1.807) is 7.05 Å². The molecular formula is C16H17F3N2O3. The minimum atomic E-state index is -4.49. The highest BCUT2D eigenvalue weighted by Crippen LogP contribution is 2.34. The van der Waals surface area contributed by atoms with Gasteiger partial charge in [-0.05, 0) is 11.6 Å². The molecule has 130 valence electrons. The first-order valence-corrected chi connectivity index (χ1v) is 7.57. The molecule has 2 saturated heterocycles. The van der Waals surface area contributed by atoms with Crippen LogP contribution in [0, 0.1) is 0 Å². The summed E-state index contributed by atoms with van der Waals surface area (Å²) in [7, 11) is 1.61. The minimum Gasteiger partial charge on any atom is -0.439 e. The van der Waals surface area contributed by atoms with Crippen LogP contribution >= 0.6 is 0 Å². The number of alkyl halides is 3. The van der Waals surface area contributed by atoms with E-state index in [1.165, 1.54) is 28.0 Å². The maximum absolute atomic E-state index is 13.0. The van der Waals surface area contributed by atoms with E-state index in [9.17, 15) is 22.8 Å². The van der Waals surface area contributed by atoms with Crippen molar-refractivity contribution in [2.45, 2.75) is 24.6 Å². The summed E-state index contributed by atoms with van der Waals surface area (Å²) in [6.07, 6.45) is -4.76. The summed E-state index contributed by atoms with van der Waals surface area (Å²) in [4.78, 5) is 26.8. The largest absolute Gasteiger partial charge is 0.439 e. The van der Waals surface area contributed by atoms with Crippen molar-refractivity contribution in [1.82, 2.24) is 9.80 Å². The van der Waals surface area contributed by atoms with Crippen LogP contribution in [0.4, 0.5) is 18.0 Å². The van der Waals surface area contributed by atoms with Crippen molar-refractivity contribution in [2.24, 2.45) is 0 Å². The molecule has 3 rings (SSSR count). The summed E-state index contributed by atoms with van der Waals surface area (Å²) >= 11 is 0. The highest BCUT2D eigenvalue weighted by atomic mass is 19.4. The number of carbonyl (C=O) groups is 2. The fourth-order valence-electron chi connectivity index (χ4n) is 3.29. The van der Waals surface area contributed by atoms with Gasteiger partial charge in [0.05, 0.1) is 25.1 Å². The summed E-state index contributed by atoms with van der Waals surface area (Å²) < 4.78 is 44.4. The lowest BCUT2D eigenvalue weighted by Gasteiger charge is -2.22. The Bertz CT molecular complexity index is 677. The lowest BCUT2D eigenvalue weighted by molar-refractivity contribution is -0.138. The Balaban J connectivity index is 1.70. The van der Waals surface area contributed by atoms with Gasteiger partial charge in [-0.25, -0.2) is 4.79 Å². The molecule has 0 saturated carbocycles. The van der Waals surface area contributed by atoms with E-state index in [1.807, 2.05) is 0 Å². The summed E-state index contributed by atoms with van der Waals surface area (Å²) in [6, 6.07) is 5.07. The van der Waals surface area contributed by atoms with Crippen LogP contribution in [0.2, 0.25) is 0 Å². The maximum Gasteiger partial charge on any atom is 0.416 e. The molecule has 5 nitrogen and oxygen atoms in total. The highest BCUT2D eigenvalue weighted by molar-refractivity contribution is 5.80. The number of nitrogens with zero attached hydrogens (tertiary/aromatic N) is 2. The Morgan fingerprint density at radius 3 is 2.62 bits per heavy atom. The SMILES string of the molecule is CN1C[C@]2(CCN(C(=O)Cc3ccccc3C(F)(F)F)C2)OC1=O. The number of carbonyl (C=O) groups excluding carboxylic acids is 2. The molecule has 2 amide bonds. The predicted octanol–water partition coefficient (Wildman–Crippen LogP) is 2.30. The van der Waals surface area contributed by atoms with Crippen LogP contribution in [0.25, 0.3) is 0 Å². The first-order chi connectivity index (χ1) is 11.2. The second-order valence-electron chi connectivity index (χ2n) is 6.30. The van der Waals surface area contributed by atoms with Crippen molar-refractivity contribution in [3.8, 4) is 0 Å². The number of likely N-dealkylation sites (N-methyl/N-ethyl adjacent to an activating group) is 1. The zero-order chi connectivity index (χ0) is 17.5. The Morgan fingerprint density at radius 1 is 1.29 bits per heavy atom. The molecular weight excluding hydrogens is 325 g/mol. The van der Waals surface area contributed by atoms with E-state index in [4.69, 9.17) is 4.74 Å². The van der Waals surface area contributed by atoms with Gasteiger partial charge < -0.3 is 14.5 Å². The number of halogens is 3. The third kappa shape index (κ3) is 3.05. The number of ether oxygens (including phenoxy) is 1. The van der Waals surface area contributed by atoms with E-state index in [0.29, 0.717) is 19.5 Å². The predicted molar refractivity (Wildman–Crippen MR) is 78.2 cm³/mol. The van der Waals surface area contributed by atoms with Crippen molar-refractivity contribution < 1.29 is 27.5 Å². The molecule has 2 heterocycles. The first kappa shape index (κ1) is 16.6. The molecule has 1 spiro atoms. The van der Waals surface area contributed by atoms with Gasteiger partial charge in [0.25, 0.3) is 0 Å². The van der Waals surface area contributed by atoms with Crippen molar-refractivity contribution in [3.63, 3.8) is 0 Å². The normalized spacial score (nSPS) is 23.9. The third-order valence-corrected chi connectivity index (χ3v) is 4.47. The topological polar surface area (TPSA) is 49.9 Å². The van der Waals surface area contributed by atoms with Gasteiger partial charge in [0.15, 0.2) is 5.60 Å². The van der Waals surface area contributed by atoms with Gasteiger partial charge in [-0.3, -0.25) is 4.79 Å². The Kier molecular flexibility index (Phi) is 3.93. The molecule has 1 aromatic carbocycles. The van der Waals surface area contributed by atoms with Gasteiger partial charge in [0, 0.05) is 20.0 Å². The number of amides is 2. The molecule has 1 aromatic rings. The average molecular weight is 342 g/mol. The summed E-state index contributed by atoms with van der Waals surface area (Å²) in [5.74, 6) is -0.394. The molecule has 0 bridgehead atoms. The van der Waals surface area contributed by atoms with E-state index >= 15 is 0 Å². The molecule has 0 N–H and O–H groups in total. The van der Waals surface area contributed by atoms with Gasteiger partial charge in [-0.2, -0.15) is 13.2 Å². The molecule has 2 aliphatic heterocycles. The van der Waals surface area contributed by atoms with Crippen LogP contribution in [-0.4, -0.2) is 54.1 Å². The van der Waals surface area contributed by atoms with Crippen LogP contribution in [0.5, 0.6) is 0 Å². The quantitative estimate of drug-likeness (QED) is 0.829. The summed E-state index contributed by atoms with van der Waals surface area (Å²) in [5, 5.41) is 0. The number of rotatable bonds is 2. The Hall–Kier alpha value is -2.25. The molecule has 1 atom stereocenters. The number of hydrogen-bond acceptors (Lipinski definition) is 3. The van der Waals surface area contributed by atoms with Crippen molar-refractivity contribution >= 4 is 12.0 Å². The van der Waals surface area contributed by atoms with Crippen molar-refractivity contribution in [2.75, 3.05) is 26.7 Å². The molecule has 0 radical (unpaired) electrons. The lowest BCUT2D eigenvalue weighted by Crippen LogP contribution is -2.39. The highest BCUT2D eigenvalue weighted by Gasteiger charge is 2.49. The summed E-state index contributed by atoms with van der Waals surface area (Å²) in [6.45, 7) is 0.971. The van der Waals surface area contributed by atoms with Gasteiger partial charge in [0.2, 0.25) is 5.91 Å². The monoisotopic (exact) mass is 342 g/mol. The van der Waals surface area contributed by atoms with E-state index in [0.717, 1.165) is 6.07 Å². The maximum atomic E-state index is 13.0. The minimum absolute atomic E-state index is 0.0449. The van der Waals surface area contributed by atoms with Gasteiger partial charge in [-0.1, -0.05) is 18.2 Å². The molecule has 0 unspecified atom stereocenters. The smallest absolute Gasteiger partial charge is 0.416 e. The molecule has 24 heavy (non-hydrogen) atoms. The van der Waals surface area contributed by atoms with Crippen LogP contribution in [0.1, 0.15) is 17.5 Å². The molecule has 0 aromatic heterocycles. The van der Waals surface area contributed by atoms with Crippen LogP contribution in [0.15, 0.2) is 24.3 Å². The van der Waals surface area contributed by atoms with E-state index < -0.39 is 29.3 Å². The number of benzene rings is 1. The van der Waals surface area contributed by atoms with Crippen LogP contribution in [-0.2, 0) is 22.1 Å². The van der Waals surface area contributed by atoms with Crippen LogP contribution in [0.3, 0.4) is 0 Å². The lowest BCUT2D eigenvalue weighted by atomic mass is 10.0. The zero-order valence-electron chi connectivity index (χ0n) is 13.1. The van der Waals surface area contributed by atoms with Crippen molar-refractivity contribution in [3.05, 3.63) is 35.4 Å². The average Bonchev–Trinajstić information content (AvgIpc) is 3.02. The fraction of sp³-hybridized carbons (Fsp3) is 0.500. The molecule has 8 heteroatoms. The Morgan fingerprint density at radius 2 is 2.00 bits per heavy atom. The van der Waals surface area contributed by atoms with Gasteiger partial charge in [0.1, 0.15) is 0 Å². The summed E-state index contributed by atoms with van der Waals surface area (Å²) in [5.41, 5.74) is -1.57. The number of hydrogen-bond donors (Lipinski definition) is 0. The Labute approximate surface area is 137 Å². The first-order valence-electron chi connectivity index (χ1n) is 7.57. The van der Waals surface area contributed by atoms with Gasteiger partial charge in [-0.15, -0.1) is 0 Å². The zero-order valence-corrected chi connectivity index (χ0v) is 13.1. The molecule has 2 fully saturated rings. The second-order valence-corrected chi connectivity index (χ2v) is 6.30. The van der Waals surface area contributed by atoms with E-state index in [2.05, 4.69) is 0 Å². The second kappa shape index (κ2) is 5.68. The molecule has 2 aliphatic rings. The van der Waals surface area contributed by atoms with Crippen molar-refractivity contribution in [1.29, 1.82) is 0 Å². The van der Waals surface area contributed by atoms with Gasteiger partial charge >= 0.3 is 12.3 Å². The van der Waals surface area contributed by atoms with E-state index in [-0.39, 0.29) is 18.5 Å². The standard InChI is InChI=1S/C16H17F3N2O3/c1-20-9-15(24-14(20)23)6-7-21(10-15)13(22)8-11-4-2-3-5-12(11)16(17,18)19/h2-5H,6-10H2,1H3/t15-/m0/s1. The fourth-order valence-corrected chi connectivity index (χ4v) is 3.29. The van der Waals surface area contributed by atoms with Crippen LogP contribution < -0.4 is 0 Å². The number of likely N-dealkylation sites (tertiary alicyclic amines) is 1.